The summed E-state index contributed by atoms with van der Waals surface area (Å²) in [5.74, 6) is -4.59. The number of aliphatic carboxylic acids is 1. The van der Waals surface area contributed by atoms with Crippen LogP contribution in [-0.4, -0.2) is 71.8 Å². The molecule has 0 spiro atoms. The minimum Gasteiger partial charge on any atom is -0.548 e. The molecule has 0 aromatic carbocycles. The van der Waals surface area contributed by atoms with Gasteiger partial charge in [0.15, 0.2) is 6.04 Å². The Labute approximate surface area is 180 Å². The van der Waals surface area contributed by atoms with Gasteiger partial charge in [0, 0.05) is 0 Å². The largest absolute Gasteiger partial charge is 0.548 e. The molecule has 176 valence electrons. The van der Waals surface area contributed by atoms with Gasteiger partial charge in [-0.05, 0) is 41.5 Å². The Hall–Kier alpha value is -3.22. The van der Waals surface area contributed by atoms with Crippen molar-refractivity contribution in [1.29, 1.82) is 0 Å². The zero-order chi connectivity index (χ0) is 24.5. The van der Waals surface area contributed by atoms with Crippen molar-refractivity contribution < 1.29 is 39.6 Å². The lowest BCUT2D eigenvalue weighted by atomic mass is 10.2. The van der Waals surface area contributed by atoms with Gasteiger partial charge in [-0.2, -0.15) is 0 Å². The Morgan fingerprint density at radius 1 is 0.516 bits per heavy atom. The van der Waals surface area contributed by atoms with Crippen LogP contribution in [0.15, 0.2) is 0 Å². The smallest absolute Gasteiger partial charge is 0.278 e. The number of carbonyl (C=O) groups is 6. The molecule has 0 bridgehead atoms. The molecule has 0 unspecified atom stereocenters. The summed E-state index contributed by atoms with van der Waals surface area (Å²) in [6.07, 6.45) is 0. The van der Waals surface area contributed by atoms with Crippen LogP contribution < -0.4 is 37.4 Å². The van der Waals surface area contributed by atoms with Gasteiger partial charge in [0.25, 0.3) is 5.91 Å². The maximum absolute atomic E-state index is 12.2. The minimum atomic E-state index is -1.47. The topological polar surface area (TPSA) is 213 Å². The lowest BCUT2D eigenvalue weighted by Gasteiger charge is -2.22. The van der Waals surface area contributed by atoms with Crippen LogP contribution in [0.3, 0.4) is 0 Å². The average Bonchev–Trinajstić information content (AvgIpc) is 2.66. The number of quaternary nitrogens is 1. The highest BCUT2D eigenvalue weighted by Gasteiger charge is 2.26. The van der Waals surface area contributed by atoms with E-state index in [9.17, 15) is 33.9 Å². The monoisotopic (exact) mass is 444 g/mol. The highest BCUT2D eigenvalue weighted by atomic mass is 16.4. The second-order valence-electron chi connectivity index (χ2n) is 7.37. The van der Waals surface area contributed by atoms with E-state index in [1.165, 1.54) is 34.6 Å². The van der Waals surface area contributed by atoms with E-state index in [1.54, 1.807) is 6.92 Å². The summed E-state index contributed by atoms with van der Waals surface area (Å²) < 4.78 is 0. The molecule has 31 heavy (non-hydrogen) atoms. The first-order valence-electron chi connectivity index (χ1n) is 9.73. The molecular weight excluding hydrogens is 412 g/mol. The molecule has 0 saturated heterocycles. The molecular formula is C18H32N6O7. The van der Waals surface area contributed by atoms with E-state index >= 15 is 0 Å². The number of amides is 5. The number of carboxylic acids is 1. The molecule has 6 atom stereocenters. The summed E-state index contributed by atoms with van der Waals surface area (Å²) in [7, 11) is 0. The van der Waals surface area contributed by atoms with Gasteiger partial charge in [-0.3, -0.25) is 24.0 Å². The van der Waals surface area contributed by atoms with Gasteiger partial charge in [0.2, 0.25) is 23.6 Å². The summed E-state index contributed by atoms with van der Waals surface area (Å²) in [5, 5.41) is 22.4. The number of hydrogen-bond donors (Lipinski definition) is 6. The predicted molar refractivity (Wildman–Crippen MR) is 105 cm³/mol. The molecule has 0 aromatic rings. The Morgan fingerprint density at radius 3 is 0.968 bits per heavy atom. The van der Waals surface area contributed by atoms with Crippen molar-refractivity contribution in [3.8, 4) is 0 Å². The predicted octanol–water partition coefficient (Wildman–Crippen LogP) is -5.11. The molecule has 0 rings (SSSR count). The second kappa shape index (κ2) is 12.5. The van der Waals surface area contributed by atoms with E-state index in [-0.39, 0.29) is 0 Å². The first kappa shape index (κ1) is 27.8. The Kier molecular flexibility index (Phi) is 11.2. The third-order valence-electron chi connectivity index (χ3n) is 4.17. The first-order valence-corrected chi connectivity index (χ1v) is 9.73. The Morgan fingerprint density at radius 2 is 0.742 bits per heavy atom. The first-order chi connectivity index (χ1) is 14.2. The van der Waals surface area contributed by atoms with Crippen LogP contribution in [0.4, 0.5) is 0 Å². The van der Waals surface area contributed by atoms with E-state index < -0.39 is 71.8 Å². The van der Waals surface area contributed by atoms with Crippen LogP contribution in [0.2, 0.25) is 0 Å². The quantitative estimate of drug-likeness (QED) is 0.182. The van der Waals surface area contributed by atoms with Crippen molar-refractivity contribution in [3.63, 3.8) is 0 Å². The van der Waals surface area contributed by atoms with Gasteiger partial charge in [0.05, 0.1) is 12.0 Å². The molecule has 5 amide bonds. The Bertz CT molecular complexity index is 712. The van der Waals surface area contributed by atoms with Crippen LogP contribution in [0.1, 0.15) is 41.5 Å². The Balaban J connectivity index is 4.63. The molecule has 0 fully saturated rings. The standard InChI is InChI=1S/C18H32N6O7/c1-7(19)13(25)20-8(2)14(26)21-9(3)15(27)22-10(4)16(28)23-11(5)17(29)24-12(6)18(30)31/h7-12H,19H2,1-6H3,(H,20,25)(H,21,26)(H,22,27)(H,23,28)(H,24,29)(H,30,31)/t7-,8-,9-,10-,11-,12-/m0/s1. The van der Waals surface area contributed by atoms with Gasteiger partial charge < -0.3 is 42.2 Å². The number of carboxylic acid groups (broad SMARTS) is 1. The molecule has 0 aromatic heterocycles. The van der Waals surface area contributed by atoms with Gasteiger partial charge in [-0.15, -0.1) is 0 Å². The number of carbonyl (C=O) groups excluding carboxylic acids is 6. The maximum atomic E-state index is 12.2. The van der Waals surface area contributed by atoms with Gasteiger partial charge >= 0.3 is 0 Å². The van der Waals surface area contributed by atoms with Crippen molar-refractivity contribution in [2.45, 2.75) is 77.8 Å². The summed E-state index contributed by atoms with van der Waals surface area (Å²) in [6.45, 7) is 8.34. The van der Waals surface area contributed by atoms with Crippen LogP contribution in [0, 0.1) is 0 Å². The number of hydrogen-bond acceptors (Lipinski definition) is 7. The highest BCUT2D eigenvalue weighted by molar-refractivity contribution is 5.95. The van der Waals surface area contributed by atoms with Crippen molar-refractivity contribution in [2.75, 3.05) is 0 Å². The van der Waals surface area contributed by atoms with Crippen LogP contribution >= 0.6 is 0 Å². The zero-order valence-corrected chi connectivity index (χ0v) is 18.5. The normalized spacial score (nSPS) is 16.4. The zero-order valence-electron chi connectivity index (χ0n) is 18.5. The average molecular weight is 444 g/mol. The third kappa shape index (κ3) is 9.89. The number of rotatable bonds is 11. The summed E-state index contributed by atoms with van der Waals surface area (Å²) in [5.41, 5.74) is 3.54. The molecule has 13 heteroatoms. The second-order valence-corrected chi connectivity index (χ2v) is 7.37. The summed E-state index contributed by atoms with van der Waals surface area (Å²) >= 11 is 0. The molecule has 0 aliphatic carbocycles. The van der Waals surface area contributed by atoms with E-state index in [4.69, 9.17) is 0 Å². The molecule has 0 aliphatic rings. The van der Waals surface area contributed by atoms with E-state index in [2.05, 4.69) is 32.3 Å². The molecule has 0 saturated carbocycles. The molecule has 0 heterocycles. The number of nitrogens with one attached hydrogen (secondary N) is 5. The summed E-state index contributed by atoms with van der Waals surface area (Å²) in [6, 6.07) is -5.81. The van der Waals surface area contributed by atoms with Crippen molar-refractivity contribution in [3.05, 3.63) is 0 Å². The molecule has 0 aliphatic heterocycles. The highest BCUT2D eigenvalue weighted by Crippen LogP contribution is 1.93. The summed E-state index contributed by atoms with van der Waals surface area (Å²) in [4.78, 5) is 70.6. The van der Waals surface area contributed by atoms with Crippen LogP contribution in [0.25, 0.3) is 0 Å². The SMILES string of the molecule is C[C@H]([NH3+])C(=O)N[C@@H](C)C(=O)N[C@@H](C)C(=O)N[C@@H](C)C(=O)N[C@@H](C)C(=O)N[C@@H](C)C(=O)[O-]. The van der Waals surface area contributed by atoms with E-state index in [0.717, 1.165) is 0 Å². The minimum absolute atomic E-state index is 0.419. The van der Waals surface area contributed by atoms with Gasteiger partial charge in [-0.1, -0.05) is 0 Å². The third-order valence-corrected chi connectivity index (χ3v) is 4.17. The van der Waals surface area contributed by atoms with Crippen molar-refractivity contribution in [1.82, 2.24) is 26.6 Å². The molecule has 8 N–H and O–H groups in total. The molecule has 13 nitrogen and oxygen atoms in total. The van der Waals surface area contributed by atoms with Crippen molar-refractivity contribution in [2.24, 2.45) is 0 Å². The fourth-order valence-corrected chi connectivity index (χ4v) is 2.03. The fourth-order valence-electron chi connectivity index (χ4n) is 2.03. The van der Waals surface area contributed by atoms with Crippen molar-refractivity contribution >= 4 is 35.5 Å². The van der Waals surface area contributed by atoms with E-state index in [1.807, 2.05) is 0 Å². The van der Waals surface area contributed by atoms with Gasteiger partial charge in [-0.25, -0.2) is 0 Å². The van der Waals surface area contributed by atoms with E-state index in [0.29, 0.717) is 0 Å². The maximum Gasteiger partial charge on any atom is 0.278 e. The lowest BCUT2D eigenvalue weighted by Crippen LogP contribution is -2.67. The van der Waals surface area contributed by atoms with Crippen LogP contribution in [-0.2, 0) is 28.8 Å². The fraction of sp³-hybridized carbons (Fsp3) is 0.667. The van der Waals surface area contributed by atoms with Gasteiger partial charge in [0.1, 0.15) is 24.2 Å². The molecule has 0 radical (unpaired) electrons. The lowest BCUT2D eigenvalue weighted by molar-refractivity contribution is -0.398. The van der Waals surface area contributed by atoms with Crippen LogP contribution in [0.5, 0.6) is 0 Å².